The lowest BCUT2D eigenvalue weighted by Crippen LogP contribution is -2.36. The highest BCUT2D eigenvalue weighted by Crippen LogP contribution is 2.51. The molecule has 0 aromatic heterocycles. The number of rotatable bonds is 0. The highest BCUT2D eigenvalue weighted by molar-refractivity contribution is 8.00. The molecule has 1 heterocycles. The van der Waals surface area contributed by atoms with Gasteiger partial charge in [0.2, 0.25) is 0 Å². The first-order valence-electron chi connectivity index (χ1n) is 5.37. The number of benzene rings is 1. The lowest BCUT2D eigenvalue weighted by atomic mass is 9.80. The molecule has 2 aliphatic rings. The van der Waals surface area contributed by atoms with Gasteiger partial charge < -0.3 is 5.73 Å². The maximum absolute atomic E-state index is 6.22. The van der Waals surface area contributed by atoms with E-state index in [1.165, 1.54) is 29.7 Å². The van der Waals surface area contributed by atoms with Gasteiger partial charge in [-0.25, -0.2) is 0 Å². The predicted octanol–water partition coefficient (Wildman–Crippen LogP) is 2.76. The van der Waals surface area contributed by atoms with Gasteiger partial charge in [0.15, 0.2) is 0 Å². The molecule has 3 rings (SSSR count). The van der Waals surface area contributed by atoms with Crippen molar-refractivity contribution in [1.29, 1.82) is 0 Å². The van der Waals surface area contributed by atoms with Gasteiger partial charge in [-0.15, -0.1) is 11.8 Å². The topological polar surface area (TPSA) is 26.0 Å². The largest absolute Gasteiger partial charge is 0.327 e. The van der Waals surface area contributed by atoms with E-state index in [1.54, 1.807) is 0 Å². The molecule has 3 atom stereocenters. The van der Waals surface area contributed by atoms with Gasteiger partial charge in [-0.2, -0.15) is 0 Å². The summed E-state index contributed by atoms with van der Waals surface area (Å²) in [6, 6.07) is 9.17. The monoisotopic (exact) mass is 205 g/mol. The second-order valence-corrected chi connectivity index (χ2v) is 5.60. The molecule has 74 valence electrons. The van der Waals surface area contributed by atoms with Crippen LogP contribution in [0.5, 0.6) is 0 Å². The Balaban J connectivity index is 2.03. The summed E-state index contributed by atoms with van der Waals surface area (Å²) in [5.74, 6) is 0.630. The van der Waals surface area contributed by atoms with Crippen molar-refractivity contribution in [3.8, 4) is 0 Å². The first-order chi connectivity index (χ1) is 6.86. The molecule has 2 unspecified atom stereocenters. The van der Waals surface area contributed by atoms with Crippen molar-refractivity contribution < 1.29 is 0 Å². The maximum Gasteiger partial charge on any atom is 0.0178 e. The predicted molar refractivity (Wildman–Crippen MR) is 60.7 cm³/mol. The Bertz CT molecular complexity index is 350. The van der Waals surface area contributed by atoms with Crippen LogP contribution < -0.4 is 5.73 Å². The van der Waals surface area contributed by atoms with Crippen molar-refractivity contribution in [2.24, 2.45) is 5.73 Å². The summed E-state index contributed by atoms with van der Waals surface area (Å²) >= 11 is 2.04. The minimum Gasteiger partial charge on any atom is -0.327 e. The van der Waals surface area contributed by atoms with E-state index in [1.807, 2.05) is 11.8 Å². The Morgan fingerprint density at radius 1 is 1.21 bits per heavy atom. The lowest BCUT2D eigenvalue weighted by Gasteiger charge is -2.30. The van der Waals surface area contributed by atoms with Gasteiger partial charge in [-0.05, 0) is 24.5 Å². The summed E-state index contributed by atoms with van der Waals surface area (Å²) in [6.07, 6.45) is 3.86. The summed E-state index contributed by atoms with van der Waals surface area (Å²) in [7, 11) is 0. The van der Waals surface area contributed by atoms with E-state index in [0.717, 1.165) is 5.25 Å². The maximum atomic E-state index is 6.22. The Hall–Kier alpha value is -0.470. The summed E-state index contributed by atoms with van der Waals surface area (Å²) in [6.45, 7) is 0. The van der Waals surface area contributed by atoms with Crippen LogP contribution in [0.15, 0.2) is 29.2 Å². The number of hydrogen-bond acceptors (Lipinski definition) is 2. The summed E-state index contributed by atoms with van der Waals surface area (Å²) in [5, 5.41) is 0.760. The van der Waals surface area contributed by atoms with E-state index in [4.69, 9.17) is 5.73 Å². The molecule has 14 heavy (non-hydrogen) atoms. The molecule has 2 N–H and O–H groups in total. The highest BCUT2D eigenvalue weighted by atomic mass is 32.2. The zero-order valence-corrected chi connectivity index (χ0v) is 8.96. The molecule has 0 saturated heterocycles. The number of hydrogen-bond donors (Lipinski definition) is 1. The molecule has 1 fully saturated rings. The van der Waals surface area contributed by atoms with Crippen LogP contribution in [0.1, 0.15) is 30.7 Å². The quantitative estimate of drug-likeness (QED) is 0.705. The number of nitrogens with two attached hydrogens (primary N) is 1. The minimum atomic E-state index is 0.393. The van der Waals surface area contributed by atoms with E-state index in [9.17, 15) is 0 Å². The Labute approximate surface area is 89.1 Å². The summed E-state index contributed by atoms with van der Waals surface area (Å²) in [4.78, 5) is 1.47. The van der Waals surface area contributed by atoms with Gasteiger partial charge in [0.05, 0.1) is 0 Å². The van der Waals surface area contributed by atoms with Gasteiger partial charge in [0, 0.05) is 22.1 Å². The molecular weight excluding hydrogens is 190 g/mol. The molecule has 0 radical (unpaired) electrons. The van der Waals surface area contributed by atoms with E-state index >= 15 is 0 Å². The molecule has 1 aromatic carbocycles. The molecule has 0 spiro atoms. The first-order valence-corrected chi connectivity index (χ1v) is 6.25. The number of fused-ring (bicyclic) bond motifs is 3. The van der Waals surface area contributed by atoms with Crippen LogP contribution in [-0.2, 0) is 0 Å². The third-order valence-electron chi connectivity index (χ3n) is 3.44. The van der Waals surface area contributed by atoms with Crippen molar-refractivity contribution in [2.75, 3.05) is 0 Å². The fourth-order valence-corrected chi connectivity index (χ4v) is 4.38. The van der Waals surface area contributed by atoms with Gasteiger partial charge in [-0.3, -0.25) is 0 Å². The van der Waals surface area contributed by atoms with E-state index in [2.05, 4.69) is 24.3 Å². The molecule has 0 amide bonds. The van der Waals surface area contributed by atoms with E-state index in [-0.39, 0.29) is 0 Å². The second-order valence-electron chi connectivity index (χ2n) is 4.31. The Morgan fingerprint density at radius 2 is 2.07 bits per heavy atom. The highest BCUT2D eigenvalue weighted by Gasteiger charge is 2.38. The van der Waals surface area contributed by atoms with Crippen LogP contribution in [-0.4, -0.2) is 11.3 Å². The van der Waals surface area contributed by atoms with E-state index < -0.39 is 0 Å². The van der Waals surface area contributed by atoms with Crippen LogP contribution in [0.2, 0.25) is 0 Å². The van der Waals surface area contributed by atoms with Crippen LogP contribution in [0, 0.1) is 0 Å². The average molecular weight is 205 g/mol. The smallest absolute Gasteiger partial charge is 0.0178 e. The lowest BCUT2D eigenvalue weighted by molar-refractivity contribution is 0.400. The molecular formula is C12H15NS. The van der Waals surface area contributed by atoms with Gasteiger partial charge >= 0.3 is 0 Å². The van der Waals surface area contributed by atoms with Crippen molar-refractivity contribution in [3.63, 3.8) is 0 Å². The zero-order chi connectivity index (χ0) is 9.54. The normalized spacial score (nSPS) is 35.1. The van der Waals surface area contributed by atoms with Crippen LogP contribution in [0.4, 0.5) is 0 Å². The molecule has 1 saturated carbocycles. The molecule has 1 aliphatic carbocycles. The van der Waals surface area contributed by atoms with Crippen molar-refractivity contribution in [3.05, 3.63) is 29.8 Å². The summed E-state index contributed by atoms with van der Waals surface area (Å²) < 4.78 is 0. The van der Waals surface area contributed by atoms with Crippen molar-refractivity contribution in [2.45, 2.75) is 41.4 Å². The fourth-order valence-electron chi connectivity index (χ4n) is 2.78. The van der Waals surface area contributed by atoms with Gasteiger partial charge in [-0.1, -0.05) is 24.6 Å². The fraction of sp³-hybridized carbons (Fsp3) is 0.500. The molecule has 1 aliphatic heterocycles. The SMILES string of the molecule is NC1CCCC2Sc3ccccc3[C@@H]12. The third kappa shape index (κ3) is 1.21. The van der Waals surface area contributed by atoms with E-state index in [0.29, 0.717) is 12.0 Å². The van der Waals surface area contributed by atoms with Crippen LogP contribution in [0.3, 0.4) is 0 Å². The third-order valence-corrected chi connectivity index (χ3v) is 4.90. The Kier molecular flexibility index (Phi) is 2.06. The van der Waals surface area contributed by atoms with Crippen molar-refractivity contribution >= 4 is 11.8 Å². The van der Waals surface area contributed by atoms with Gasteiger partial charge in [0.1, 0.15) is 0 Å². The standard InChI is InChI=1S/C12H15NS/c13-9-5-3-7-11-12(9)8-4-1-2-6-10(8)14-11/h1-2,4,6,9,11-12H,3,5,7,13H2/t9?,11?,12-/m0/s1. The van der Waals surface area contributed by atoms with Crippen LogP contribution >= 0.6 is 11.8 Å². The minimum absolute atomic E-state index is 0.393. The van der Waals surface area contributed by atoms with Gasteiger partial charge in [0.25, 0.3) is 0 Å². The Morgan fingerprint density at radius 3 is 3.00 bits per heavy atom. The molecule has 0 bridgehead atoms. The second kappa shape index (κ2) is 3.28. The summed E-state index contributed by atoms with van der Waals surface area (Å²) in [5.41, 5.74) is 7.73. The molecule has 1 nitrogen and oxygen atoms in total. The van der Waals surface area contributed by atoms with Crippen LogP contribution in [0.25, 0.3) is 0 Å². The molecule has 2 heteroatoms. The number of thioether (sulfide) groups is 1. The average Bonchev–Trinajstić information content (AvgIpc) is 2.57. The first kappa shape index (κ1) is 8.81. The van der Waals surface area contributed by atoms with Crippen molar-refractivity contribution in [1.82, 2.24) is 0 Å². The zero-order valence-electron chi connectivity index (χ0n) is 8.15. The molecule has 1 aromatic rings.